The van der Waals surface area contributed by atoms with Gasteiger partial charge in [-0.1, -0.05) is 23.7 Å². The van der Waals surface area contributed by atoms with Crippen LogP contribution < -0.4 is 10.2 Å². The fourth-order valence-electron chi connectivity index (χ4n) is 5.07. The molecule has 0 bridgehead atoms. The molecule has 3 aromatic rings. The van der Waals surface area contributed by atoms with Gasteiger partial charge in [0.05, 0.1) is 30.3 Å². The highest BCUT2D eigenvalue weighted by Crippen LogP contribution is 2.40. The first-order valence-corrected chi connectivity index (χ1v) is 11.9. The normalized spacial score (nSPS) is 20.3. The lowest BCUT2D eigenvalue weighted by Crippen LogP contribution is -2.60. The maximum absolute atomic E-state index is 13.4. The van der Waals surface area contributed by atoms with Gasteiger partial charge >= 0.3 is 6.18 Å². The summed E-state index contributed by atoms with van der Waals surface area (Å²) >= 11 is 6.01. The highest BCUT2D eigenvalue weighted by molar-refractivity contribution is 6.30. The fraction of sp³-hybridized carbons (Fsp3) is 0.346. The Hall–Kier alpha value is -2.97. The van der Waals surface area contributed by atoms with E-state index >= 15 is 0 Å². The van der Waals surface area contributed by atoms with Crippen molar-refractivity contribution in [2.75, 3.05) is 24.5 Å². The summed E-state index contributed by atoms with van der Waals surface area (Å²) in [6.07, 6.45) is -2.64. The standard InChI is InChI=1S/C26H25ClF3N3O2/c27-20-6-3-17(4-7-20)15-32-9-10-33-23-8-5-19(26(28,29)30)12-18(23)13-22(24(33)16-32)25(34)31-14-21-2-1-11-35-21/h1-8,11-12,22,24H,9-10,13-16H2,(H,31,34)/t22-,24-/m1/s1. The van der Waals surface area contributed by atoms with E-state index in [1.807, 2.05) is 24.3 Å². The van der Waals surface area contributed by atoms with Gasteiger partial charge in [0.1, 0.15) is 5.76 Å². The molecule has 1 N–H and O–H groups in total. The van der Waals surface area contributed by atoms with Crippen molar-refractivity contribution < 1.29 is 22.4 Å². The van der Waals surface area contributed by atoms with Crippen LogP contribution in [0.4, 0.5) is 18.9 Å². The summed E-state index contributed by atoms with van der Waals surface area (Å²) in [6.45, 7) is 2.93. The van der Waals surface area contributed by atoms with Crippen LogP contribution in [0.3, 0.4) is 0 Å². The number of benzene rings is 2. The van der Waals surface area contributed by atoms with Crippen LogP contribution in [-0.4, -0.2) is 36.5 Å². The van der Waals surface area contributed by atoms with Crippen LogP contribution >= 0.6 is 11.6 Å². The fourth-order valence-corrected chi connectivity index (χ4v) is 5.19. The van der Waals surface area contributed by atoms with Crippen molar-refractivity contribution in [1.82, 2.24) is 10.2 Å². The lowest BCUT2D eigenvalue weighted by molar-refractivity contribution is -0.137. The zero-order valence-corrected chi connectivity index (χ0v) is 19.6. The summed E-state index contributed by atoms with van der Waals surface area (Å²) in [4.78, 5) is 17.7. The van der Waals surface area contributed by atoms with E-state index in [9.17, 15) is 18.0 Å². The number of rotatable bonds is 5. The van der Waals surface area contributed by atoms with Crippen LogP contribution in [0.25, 0.3) is 0 Å². The van der Waals surface area contributed by atoms with E-state index in [1.54, 1.807) is 18.2 Å². The molecule has 0 saturated carbocycles. The van der Waals surface area contributed by atoms with Gasteiger partial charge in [-0.2, -0.15) is 13.2 Å². The number of piperazine rings is 1. The Bertz CT molecular complexity index is 1180. The molecule has 9 heteroatoms. The van der Waals surface area contributed by atoms with Gasteiger partial charge in [0.15, 0.2) is 0 Å². The Kier molecular flexibility index (Phi) is 6.51. The zero-order chi connectivity index (χ0) is 24.6. The molecule has 0 spiro atoms. The minimum Gasteiger partial charge on any atom is -0.467 e. The molecule has 0 aliphatic carbocycles. The second-order valence-electron chi connectivity index (χ2n) is 9.07. The Morgan fingerprint density at radius 2 is 1.91 bits per heavy atom. The maximum atomic E-state index is 13.4. The Balaban J connectivity index is 1.40. The average molecular weight is 504 g/mol. The van der Waals surface area contributed by atoms with E-state index in [4.69, 9.17) is 16.0 Å². The third-order valence-corrected chi connectivity index (χ3v) is 7.05. The van der Waals surface area contributed by atoms with Crippen LogP contribution in [-0.2, 0) is 30.5 Å². The predicted octanol–water partition coefficient (Wildman–Crippen LogP) is 5.13. The first-order chi connectivity index (χ1) is 16.8. The molecule has 1 fully saturated rings. The topological polar surface area (TPSA) is 48.7 Å². The molecule has 35 heavy (non-hydrogen) atoms. The van der Waals surface area contributed by atoms with E-state index in [-0.39, 0.29) is 24.9 Å². The van der Waals surface area contributed by atoms with E-state index < -0.39 is 17.7 Å². The summed E-state index contributed by atoms with van der Waals surface area (Å²) in [5, 5.41) is 3.59. The van der Waals surface area contributed by atoms with Crippen molar-refractivity contribution in [2.45, 2.75) is 31.7 Å². The molecule has 2 aromatic carbocycles. The summed E-state index contributed by atoms with van der Waals surface area (Å²) in [7, 11) is 0. The van der Waals surface area contributed by atoms with Gasteiger partial charge in [-0.25, -0.2) is 0 Å². The zero-order valence-electron chi connectivity index (χ0n) is 18.9. The molecular formula is C26H25ClF3N3O2. The van der Waals surface area contributed by atoms with Crippen molar-refractivity contribution >= 4 is 23.2 Å². The Morgan fingerprint density at radius 1 is 1.11 bits per heavy atom. The third-order valence-electron chi connectivity index (χ3n) is 6.80. The second-order valence-corrected chi connectivity index (χ2v) is 9.51. The molecule has 2 aliphatic heterocycles. The van der Waals surface area contributed by atoms with Crippen LogP contribution in [0.5, 0.6) is 0 Å². The number of alkyl halides is 3. The number of amides is 1. The monoisotopic (exact) mass is 503 g/mol. The molecular weight excluding hydrogens is 479 g/mol. The molecule has 1 saturated heterocycles. The maximum Gasteiger partial charge on any atom is 0.416 e. The minimum absolute atomic E-state index is 0.156. The number of nitrogens with one attached hydrogen (secondary N) is 1. The van der Waals surface area contributed by atoms with Crippen LogP contribution in [0.15, 0.2) is 65.3 Å². The first-order valence-electron chi connectivity index (χ1n) is 11.5. The SMILES string of the molecule is O=C(NCc1ccco1)[C@@H]1Cc2cc(C(F)(F)F)ccc2N2CCN(Cc3ccc(Cl)cc3)C[C@H]12. The number of furan rings is 1. The number of anilines is 1. The van der Waals surface area contributed by atoms with E-state index in [1.165, 1.54) is 12.3 Å². The summed E-state index contributed by atoms with van der Waals surface area (Å²) in [6, 6.07) is 14.9. The number of hydrogen-bond acceptors (Lipinski definition) is 4. The molecule has 0 radical (unpaired) electrons. The van der Waals surface area contributed by atoms with Crippen molar-refractivity contribution in [3.8, 4) is 0 Å². The Labute approximate surface area is 206 Å². The van der Waals surface area contributed by atoms with Gasteiger partial charge < -0.3 is 14.6 Å². The second kappa shape index (κ2) is 9.59. The lowest BCUT2D eigenvalue weighted by atomic mass is 9.82. The number of fused-ring (bicyclic) bond motifs is 3. The predicted molar refractivity (Wildman–Crippen MR) is 127 cm³/mol. The van der Waals surface area contributed by atoms with Crippen LogP contribution in [0, 0.1) is 5.92 Å². The molecule has 5 rings (SSSR count). The molecule has 3 heterocycles. The van der Waals surface area contributed by atoms with Gasteiger partial charge in [-0.3, -0.25) is 9.69 Å². The van der Waals surface area contributed by atoms with Gasteiger partial charge in [0.25, 0.3) is 0 Å². The minimum atomic E-state index is -4.43. The van der Waals surface area contributed by atoms with Gasteiger partial charge in [-0.15, -0.1) is 0 Å². The lowest BCUT2D eigenvalue weighted by Gasteiger charge is -2.49. The van der Waals surface area contributed by atoms with Crippen molar-refractivity contribution in [2.24, 2.45) is 5.92 Å². The highest BCUT2D eigenvalue weighted by atomic mass is 35.5. The number of hydrogen-bond donors (Lipinski definition) is 1. The summed E-state index contributed by atoms with van der Waals surface area (Å²) in [5.41, 5.74) is 1.77. The quantitative estimate of drug-likeness (QED) is 0.524. The van der Waals surface area contributed by atoms with E-state index in [0.717, 1.165) is 23.9 Å². The van der Waals surface area contributed by atoms with Crippen molar-refractivity contribution in [1.29, 1.82) is 0 Å². The highest BCUT2D eigenvalue weighted by Gasteiger charge is 2.42. The van der Waals surface area contributed by atoms with Crippen molar-refractivity contribution in [3.05, 3.63) is 88.3 Å². The smallest absolute Gasteiger partial charge is 0.416 e. The summed E-state index contributed by atoms with van der Waals surface area (Å²) in [5.74, 6) is -0.0550. The molecule has 0 unspecified atom stereocenters. The summed E-state index contributed by atoms with van der Waals surface area (Å²) < 4.78 is 45.5. The van der Waals surface area contributed by atoms with Gasteiger partial charge in [-0.05, 0) is 60.0 Å². The average Bonchev–Trinajstić information content (AvgIpc) is 3.36. The number of carbonyl (C=O) groups excluding carboxylic acids is 1. The molecule has 2 aliphatic rings. The molecule has 184 valence electrons. The number of nitrogens with zero attached hydrogens (tertiary/aromatic N) is 2. The molecule has 5 nitrogen and oxygen atoms in total. The van der Waals surface area contributed by atoms with Gasteiger partial charge in [0.2, 0.25) is 5.91 Å². The Morgan fingerprint density at radius 3 is 2.63 bits per heavy atom. The first kappa shape index (κ1) is 23.8. The molecule has 1 amide bonds. The van der Waals surface area contributed by atoms with Crippen molar-refractivity contribution in [3.63, 3.8) is 0 Å². The van der Waals surface area contributed by atoms with Gasteiger partial charge in [0, 0.05) is 36.9 Å². The third kappa shape index (κ3) is 5.18. The van der Waals surface area contributed by atoms with Crippen LogP contribution in [0.2, 0.25) is 5.02 Å². The number of carbonyl (C=O) groups is 1. The van der Waals surface area contributed by atoms with E-state index in [0.29, 0.717) is 36.0 Å². The number of halogens is 4. The molecule has 1 aromatic heterocycles. The molecule has 2 atom stereocenters. The van der Waals surface area contributed by atoms with E-state index in [2.05, 4.69) is 15.1 Å². The largest absolute Gasteiger partial charge is 0.467 e. The van der Waals surface area contributed by atoms with Crippen LogP contribution in [0.1, 0.15) is 22.5 Å².